The van der Waals surface area contributed by atoms with Gasteiger partial charge in [0.2, 0.25) is 0 Å². The topological polar surface area (TPSA) is 37.8 Å². The molecule has 0 spiro atoms. The predicted octanol–water partition coefficient (Wildman–Crippen LogP) is 3.87. The summed E-state index contributed by atoms with van der Waals surface area (Å²) < 4.78 is 3.18. The van der Waals surface area contributed by atoms with Gasteiger partial charge in [-0.15, -0.1) is 11.3 Å². The van der Waals surface area contributed by atoms with Crippen LogP contribution in [0, 0.1) is 10.7 Å². The zero-order valence-corrected chi connectivity index (χ0v) is 11.9. The van der Waals surface area contributed by atoms with Crippen molar-refractivity contribution < 1.29 is 0 Å². The summed E-state index contributed by atoms with van der Waals surface area (Å²) in [5.41, 5.74) is 0.956. The summed E-state index contributed by atoms with van der Waals surface area (Å²) in [6.07, 6.45) is 4.71. The Kier molecular flexibility index (Phi) is 3.11. The monoisotopic (exact) mass is 280 g/mol. The summed E-state index contributed by atoms with van der Waals surface area (Å²) in [5.74, 6) is 0.531. The molecule has 5 heteroatoms. The molecule has 0 saturated heterocycles. The van der Waals surface area contributed by atoms with Gasteiger partial charge in [0, 0.05) is 6.04 Å². The third-order valence-electron chi connectivity index (χ3n) is 3.94. The summed E-state index contributed by atoms with van der Waals surface area (Å²) in [6, 6.07) is 2.19. The highest BCUT2D eigenvalue weighted by molar-refractivity contribution is 7.71. The first-order valence-corrected chi connectivity index (χ1v) is 7.69. The minimum atomic E-state index is 0.0856. The van der Waals surface area contributed by atoms with Crippen molar-refractivity contribution in [2.75, 3.05) is 0 Å². The molecule has 2 aromatic heterocycles. The van der Waals surface area contributed by atoms with E-state index >= 15 is 0 Å². The molecule has 2 aromatic rings. The Balaban J connectivity index is 2.21. The molecule has 0 bridgehead atoms. The van der Waals surface area contributed by atoms with Crippen LogP contribution in [0.4, 0.5) is 0 Å². The summed E-state index contributed by atoms with van der Waals surface area (Å²) in [7, 11) is 0. The van der Waals surface area contributed by atoms with E-state index < -0.39 is 0 Å². The van der Waals surface area contributed by atoms with E-state index in [0.29, 0.717) is 10.7 Å². The maximum absolute atomic E-state index is 12.5. The van der Waals surface area contributed by atoms with Crippen molar-refractivity contribution in [1.82, 2.24) is 9.55 Å². The van der Waals surface area contributed by atoms with Crippen LogP contribution in [0.15, 0.2) is 16.2 Å². The molecule has 96 valence electrons. The van der Waals surface area contributed by atoms with Crippen LogP contribution in [0.2, 0.25) is 0 Å². The molecule has 3 rings (SSSR count). The number of fused-ring (bicyclic) bond motifs is 1. The molecule has 18 heavy (non-hydrogen) atoms. The summed E-state index contributed by atoms with van der Waals surface area (Å²) in [4.78, 5) is 15.7. The van der Waals surface area contributed by atoms with Gasteiger partial charge in [-0.2, -0.15) is 0 Å². The summed E-state index contributed by atoms with van der Waals surface area (Å²) in [5, 5.41) is 1.94. The number of nitrogens with zero attached hydrogens (tertiary/aromatic N) is 1. The van der Waals surface area contributed by atoms with Gasteiger partial charge in [-0.25, -0.2) is 0 Å². The SMILES string of the molecule is CC1CCCCC1n1c(=S)[nH]c2ccsc2c1=O. The molecule has 0 aromatic carbocycles. The zero-order valence-electron chi connectivity index (χ0n) is 10.3. The van der Waals surface area contributed by atoms with E-state index in [1.54, 1.807) is 0 Å². The lowest BCUT2D eigenvalue weighted by atomic mass is 9.86. The van der Waals surface area contributed by atoms with Crippen molar-refractivity contribution in [1.29, 1.82) is 0 Å². The summed E-state index contributed by atoms with van der Waals surface area (Å²) in [6.45, 7) is 2.23. The first-order valence-electron chi connectivity index (χ1n) is 6.40. The van der Waals surface area contributed by atoms with E-state index in [0.717, 1.165) is 16.6 Å². The molecule has 1 saturated carbocycles. The normalized spacial score (nSPS) is 24.5. The minimum absolute atomic E-state index is 0.0856. The van der Waals surface area contributed by atoms with Crippen molar-refractivity contribution in [2.24, 2.45) is 5.92 Å². The number of aromatic nitrogens is 2. The third-order valence-corrected chi connectivity index (χ3v) is 5.14. The van der Waals surface area contributed by atoms with Gasteiger partial charge in [-0.3, -0.25) is 9.36 Å². The molecule has 1 fully saturated rings. The van der Waals surface area contributed by atoms with E-state index in [1.165, 1.54) is 30.6 Å². The molecule has 2 heterocycles. The molecule has 0 amide bonds. The zero-order chi connectivity index (χ0) is 12.7. The fraction of sp³-hybridized carbons (Fsp3) is 0.538. The molecule has 0 radical (unpaired) electrons. The lowest BCUT2D eigenvalue weighted by molar-refractivity contribution is 0.249. The van der Waals surface area contributed by atoms with Gasteiger partial charge in [-0.1, -0.05) is 19.8 Å². The Hall–Kier alpha value is -0.940. The molecule has 0 aliphatic heterocycles. The first-order chi connectivity index (χ1) is 8.68. The number of hydrogen-bond donors (Lipinski definition) is 1. The van der Waals surface area contributed by atoms with Crippen LogP contribution in [0.25, 0.3) is 10.2 Å². The fourth-order valence-corrected chi connectivity index (χ4v) is 4.05. The summed E-state index contributed by atoms with van der Waals surface area (Å²) >= 11 is 6.87. The minimum Gasteiger partial charge on any atom is -0.331 e. The van der Waals surface area contributed by atoms with Crippen LogP contribution in [-0.2, 0) is 0 Å². The number of aromatic amines is 1. The first kappa shape index (κ1) is 12.1. The van der Waals surface area contributed by atoms with Crippen LogP contribution >= 0.6 is 23.6 Å². The lowest BCUT2D eigenvalue weighted by Crippen LogP contribution is -2.31. The van der Waals surface area contributed by atoms with Crippen molar-refractivity contribution in [3.63, 3.8) is 0 Å². The Bertz CT molecular complexity index is 682. The van der Waals surface area contributed by atoms with E-state index in [2.05, 4.69) is 11.9 Å². The van der Waals surface area contributed by atoms with Crippen LogP contribution in [-0.4, -0.2) is 9.55 Å². The van der Waals surface area contributed by atoms with Crippen LogP contribution in [0.1, 0.15) is 38.6 Å². The van der Waals surface area contributed by atoms with Gasteiger partial charge < -0.3 is 4.98 Å². The average molecular weight is 280 g/mol. The second-order valence-corrected chi connectivity index (χ2v) is 6.40. The van der Waals surface area contributed by atoms with E-state index in [9.17, 15) is 4.79 Å². The maximum Gasteiger partial charge on any atom is 0.272 e. The van der Waals surface area contributed by atoms with Gasteiger partial charge in [0.25, 0.3) is 5.56 Å². The van der Waals surface area contributed by atoms with Gasteiger partial charge in [0.05, 0.1) is 5.52 Å². The van der Waals surface area contributed by atoms with Crippen LogP contribution < -0.4 is 5.56 Å². The van der Waals surface area contributed by atoms with Gasteiger partial charge in [-0.05, 0) is 42.4 Å². The van der Waals surface area contributed by atoms with Crippen LogP contribution in [0.5, 0.6) is 0 Å². The molecule has 2 unspecified atom stereocenters. The van der Waals surface area contributed by atoms with E-state index in [1.807, 2.05) is 16.0 Å². The predicted molar refractivity (Wildman–Crippen MR) is 77.9 cm³/mol. The highest BCUT2D eigenvalue weighted by atomic mass is 32.1. The van der Waals surface area contributed by atoms with Crippen molar-refractivity contribution >= 4 is 33.8 Å². The smallest absolute Gasteiger partial charge is 0.272 e. The maximum atomic E-state index is 12.5. The van der Waals surface area contributed by atoms with Gasteiger partial charge in [0.15, 0.2) is 4.77 Å². The highest BCUT2D eigenvalue weighted by Crippen LogP contribution is 2.33. The van der Waals surface area contributed by atoms with E-state index in [-0.39, 0.29) is 11.6 Å². The van der Waals surface area contributed by atoms with E-state index in [4.69, 9.17) is 12.2 Å². The Labute approximate surface area is 114 Å². The number of hydrogen-bond acceptors (Lipinski definition) is 3. The van der Waals surface area contributed by atoms with Gasteiger partial charge in [0.1, 0.15) is 4.70 Å². The standard InChI is InChI=1S/C13H16N2OS2/c1-8-4-2-3-5-10(8)15-12(16)11-9(6-7-18-11)14-13(15)17/h6-8,10H,2-5H2,1H3,(H,14,17). The second-order valence-electron chi connectivity index (χ2n) is 5.10. The molecule has 2 atom stereocenters. The van der Waals surface area contributed by atoms with Crippen molar-refractivity contribution in [3.8, 4) is 0 Å². The number of rotatable bonds is 1. The Morgan fingerprint density at radius 3 is 3.00 bits per heavy atom. The molecular formula is C13H16N2OS2. The average Bonchev–Trinajstić information content (AvgIpc) is 2.79. The molecule has 1 aliphatic rings. The Morgan fingerprint density at radius 2 is 2.22 bits per heavy atom. The fourth-order valence-electron chi connectivity index (χ4n) is 2.93. The second kappa shape index (κ2) is 4.63. The number of H-pyrrole nitrogens is 1. The molecule has 1 N–H and O–H groups in total. The lowest BCUT2D eigenvalue weighted by Gasteiger charge is -2.30. The van der Waals surface area contributed by atoms with Gasteiger partial charge >= 0.3 is 0 Å². The van der Waals surface area contributed by atoms with Crippen LogP contribution in [0.3, 0.4) is 0 Å². The molecular weight excluding hydrogens is 264 g/mol. The third kappa shape index (κ3) is 1.86. The van der Waals surface area contributed by atoms with Crippen molar-refractivity contribution in [2.45, 2.75) is 38.6 Å². The molecule has 1 aliphatic carbocycles. The Morgan fingerprint density at radius 1 is 1.44 bits per heavy atom. The molecule has 3 nitrogen and oxygen atoms in total. The largest absolute Gasteiger partial charge is 0.331 e. The quantitative estimate of drug-likeness (QED) is 0.805. The highest BCUT2D eigenvalue weighted by Gasteiger charge is 2.25. The van der Waals surface area contributed by atoms with Crippen molar-refractivity contribution in [3.05, 3.63) is 26.6 Å². The number of thiophene rings is 1. The number of nitrogens with one attached hydrogen (secondary N) is 1.